The number of aliphatic hydroxyl groups excluding tert-OH is 1. The first-order valence-electron chi connectivity index (χ1n) is 11.1. The molecule has 3 amide bonds. The van der Waals surface area contributed by atoms with Crippen molar-refractivity contribution in [1.82, 2.24) is 15.5 Å². The van der Waals surface area contributed by atoms with Crippen molar-refractivity contribution in [1.29, 1.82) is 0 Å². The number of hydrogen-bond acceptors (Lipinski definition) is 5. The maximum atomic E-state index is 13.5. The first-order chi connectivity index (χ1) is 15.0. The van der Waals surface area contributed by atoms with Crippen molar-refractivity contribution in [2.45, 2.75) is 49.3 Å². The number of amides is 3. The number of rotatable bonds is 8. The number of thioether (sulfide) groups is 1. The number of aliphatic hydroxyl groups is 1. The number of nitrogens with one attached hydrogen (secondary N) is 2. The normalized spacial score (nSPS) is 33.5. The van der Waals surface area contributed by atoms with Gasteiger partial charge in [0.1, 0.15) is 6.04 Å². The molecule has 0 radical (unpaired) electrons. The van der Waals surface area contributed by atoms with E-state index in [1.54, 1.807) is 11.8 Å². The molecule has 3 unspecified atom stereocenters. The fourth-order valence-electron chi connectivity index (χ4n) is 5.72. The highest BCUT2D eigenvalue weighted by molar-refractivity contribution is 8.02. The third-order valence-corrected chi connectivity index (χ3v) is 9.07. The topological polar surface area (TPSA) is 98.7 Å². The minimum atomic E-state index is -0.685. The smallest absolute Gasteiger partial charge is 0.244 e. The predicted molar refractivity (Wildman–Crippen MR) is 119 cm³/mol. The molecule has 1 aromatic carbocycles. The van der Waals surface area contributed by atoms with Crippen molar-refractivity contribution in [3.05, 3.63) is 35.9 Å². The fraction of sp³-hybridized carbons (Fsp3) is 0.609. The van der Waals surface area contributed by atoms with Crippen LogP contribution in [0.25, 0.3) is 0 Å². The highest BCUT2D eigenvalue weighted by Crippen LogP contribution is 2.68. The predicted octanol–water partition coefficient (Wildman–Crippen LogP) is 1.16. The van der Waals surface area contributed by atoms with Crippen molar-refractivity contribution in [3.63, 3.8) is 0 Å². The summed E-state index contributed by atoms with van der Waals surface area (Å²) in [5, 5.41) is 15.6. The van der Waals surface area contributed by atoms with Crippen molar-refractivity contribution >= 4 is 29.5 Å². The van der Waals surface area contributed by atoms with Crippen LogP contribution in [-0.4, -0.2) is 63.5 Å². The summed E-state index contributed by atoms with van der Waals surface area (Å²) in [7, 11) is 0. The van der Waals surface area contributed by atoms with E-state index in [1.807, 2.05) is 37.3 Å². The number of carbonyl (C=O) groups is 3. The largest absolute Gasteiger partial charge is 0.395 e. The quantitative estimate of drug-likeness (QED) is 0.558. The Kier molecular flexibility index (Phi) is 6.30. The molecule has 3 heterocycles. The summed E-state index contributed by atoms with van der Waals surface area (Å²) in [5.74, 6) is -1.28. The van der Waals surface area contributed by atoms with Gasteiger partial charge in [0.15, 0.2) is 0 Å². The Hall–Kier alpha value is -2.06. The summed E-state index contributed by atoms with van der Waals surface area (Å²) in [6.07, 6.45) is 1.64. The zero-order valence-corrected chi connectivity index (χ0v) is 18.9. The summed E-state index contributed by atoms with van der Waals surface area (Å²) in [5.41, 5.74) is 0.983. The second kappa shape index (κ2) is 8.82. The van der Waals surface area contributed by atoms with Gasteiger partial charge in [0.05, 0.1) is 23.2 Å². The highest BCUT2D eigenvalue weighted by Gasteiger charge is 2.75. The zero-order valence-electron chi connectivity index (χ0n) is 18.0. The highest BCUT2D eigenvalue weighted by atomic mass is 32.2. The molecular formula is C23H31N3O4S. The number of carbonyl (C=O) groups excluding carboxylic acids is 3. The SMILES string of the molecule is CCCNC(=O)[C@@H]1[C@H]2C(=O)N(CCO)C(C(=O)NCc3ccccc3)C23S[C@@H]1CC3C. The molecule has 2 bridgehead atoms. The van der Waals surface area contributed by atoms with Crippen LogP contribution in [0.2, 0.25) is 0 Å². The van der Waals surface area contributed by atoms with E-state index in [0.29, 0.717) is 13.1 Å². The van der Waals surface area contributed by atoms with Gasteiger partial charge in [0, 0.05) is 24.9 Å². The number of benzene rings is 1. The van der Waals surface area contributed by atoms with Gasteiger partial charge >= 0.3 is 0 Å². The van der Waals surface area contributed by atoms with Crippen LogP contribution in [0.15, 0.2) is 30.3 Å². The van der Waals surface area contributed by atoms with Crippen LogP contribution in [0.5, 0.6) is 0 Å². The van der Waals surface area contributed by atoms with Crippen LogP contribution in [-0.2, 0) is 20.9 Å². The number of β-amino-alcohol motifs (C(OH)–C–C–N with tert-alkyl or cyclic N) is 1. The number of likely N-dealkylation sites (tertiary alicyclic amines) is 1. The zero-order chi connectivity index (χ0) is 22.2. The lowest BCUT2D eigenvalue weighted by molar-refractivity contribution is -0.140. The average Bonchev–Trinajstić information content (AvgIpc) is 3.35. The molecular weight excluding hydrogens is 414 g/mol. The Morgan fingerprint density at radius 1 is 1.23 bits per heavy atom. The Labute approximate surface area is 187 Å². The molecule has 168 valence electrons. The Balaban J connectivity index is 1.63. The number of nitrogens with zero attached hydrogens (tertiary/aromatic N) is 1. The monoisotopic (exact) mass is 445 g/mol. The fourth-order valence-corrected chi connectivity index (χ4v) is 8.14. The van der Waals surface area contributed by atoms with Gasteiger partial charge in [-0.25, -0.2) is 0 Å². The van der Waals surface area contributed by atoms with Crippen molar-refractivity contribution in [3.8, 4) is 0 Å². The van der Waals surface area contributed by atoms with Gasteiger partial charge < -0.3 is 20.6 Å². The lowest BCUT2D eigenvalue weighted by atomic mass is 9.66. The standard InChI is InChI=1S/C23H31N3O4S/c1-3-9-24-20(28)17-16-12-14(2)23(31-16)18(17)22(30)26(10-11-27)19(23)21(29)25-13-15-7-5-4-6-8-15/h4-8,14,16-19,27H,3,9-13H2,1-2H3,(H,24,28)(H,25,29)/t14?,16-,17+,18+,19?,23?/m1/s1. The summed E-state index contributed by atoms with van der Waals surface area (Å²) in [6, 6.07) is 8.97. The first-order valence-corrected chi connectivity index (χ1v) is 12.0. The van der Waals surface area contributed by atoms with E-state index in [9.17, 15) is 19.5 Å². The Morgan fingerprint density at radius 3 is 2.65 bits per heavy atom. The number of hydrogen-bond donors (Lipinski definition) is 3. The van der Waals surface area contributed by atoms with Crippen molar-refractivity contribution < 1.29 is 19.5 Å². The van der Waals surface area contributed by atoms with Gasteiger partial charge in [-0.2, -0.15) is 0 Å². The van der Waals surface area contributed by atoms with Crippen LogP contribution in [0.3, 0.4) is 0 Å². The summed E-state index contributed by atoms with van der Waals surface area (Å²) >= 11 is 1.65. The molecule has 3 saturated heterocycles. The van der Waals surface area contributed by atoms with Crippen LogP contribution < -0.4 is 10.6 Å². The van der Waals surface area contributed by atoms with E-state index in [1.165, 1.54) is 4.90 Å². The molecule has 3 aliphatic rings. The third kappa shape index (κ3) is 3.53. The molecule has 3 N–H and O–H groups in total. The van der Waals surface area contributed by atoms with Gasteiger partial charge in [0.25, 0.3) is 0 Å². The van der Waals surface area contributed by atoms with Crippen LogP contribution in [0.4, 0.5) is 0 Å². The van der Waals surface area contributed by atoms with E-state index in [2.05, 4.69) is 17.6 Å². The third-order valence-electron chi connectivity index (χ3n) is 7.00. The average molecular weight is 446 g/mol. The molecule has 0 saturated carbocycles. The van der Waals surface area contributed by atoms with Crippen LogP contribution >= 0.6 is 11.8 Å². The molecule has 1 aromatic rings. The Bertz CT molecular complexity index is 850. The van der Waals surface area contributed by atoms with Gasteiger partial charge in [-0.15, -0.1) is 11.8 Å². The molecule has 8 heteroatoms. The lowest BCUT2D eigenvalue weighted by Gasteiger charge is -2.38. The molecule has 7 nitrogen and oxygen atoms in total. The summed E-state index contributed by atoms with van der Waals surface area (Å²) in [6.45, 7) is 4.93. The molecule has 0 aliphatic carbocycles. The van der Waals surface area contributed by atoms with Gasteiger partial charge in [-0.1, -0.05) is 44.2 Å². The molecule has 31 heavy (non-hydrogen) atoms. The van der Waals surface area contributed by atoms with E-state index in [-0.39, 0.29) is 42.0 Å². The van der Waals surface area contributed by atoms with E-state index < -0.39 is 22.6 Å². The van der Waals surface area contributed by atoms with Crippen LogP contribution in [0.1, 0.15) is 32.3 Å². The van der Waals surface area contributed by atoms with E-state index >= 15 is 0 Å². The van der Waals surface area contributed by atoms with Crippen molar-refractivity contribution in [2.24, 2.45) is 17.8 Å². The second-order valence-electron chi connectivity index (χ2n) is 8.80. The number of fused-ring (bicyclic) bond motifs is 1. The lowest BCUT2D eigenvalue weighted by Crippen LogP contribution is -2.56. The van der Waals surface area contributed by atoms with E-state index in [4.69, 9.17) is 0 Å². The maximum absolute atomic E-state index is 13.5. The maximum Gasteiger partial charge on any atom is 0.244 e. The molecule has 0 aromatic heterocycles. The van der Waals surface area contributed by atoms with Gasteiger partial charge in [-0.05, 0) is 24.3 Å². The molecule has 4 rings (SSSR count). The molecule has 3 fully saturated rings. The molecule has 6 atom stereocenters. The summed E-state index contributed by atoms with van der Waals surface area (Å²) in [4.78, 5) is 41.5. The van der Waals surface area contributed by atoms with E-state index in [0.717, 1.165) is 18.4 Å². The second-order valence-corrected chi connectivity index (χ2v) is 10.4. The molecule has 1 spiro atoms. The minimum Gasteiger partial charge on any atom is -0.395 e. The Morgan fingerprint density at radius 2 is 1.97 bits per heavy atom. The van der Waals surface area contributed by atoms with Crippen molar-refractivity contribution in [2.75, 3.05) is 19.7 Å². The molecule has 3 aliphatic heterocycles. The van der Waals surface area contributed by atoms with Gasteiger partial charge in [0.2, 0.25) is 17.7 Å². The summed E-state index contributed by atoms with van der Waals surface area (Å²) < 4.78 is -0.633. The van der Waals surface area contributed by atoms with Gasteiger partial charge in [-0.3, -0.25) is 14.4 Å². The minimum absolute atomic E-state index is 0.0431. The first kappa shape index (κ1) is 22.1. The van der Waals surface area contributed by atoms with Crippen LogP contribution in [0, 0.1) is 17.8 Å².